The van der Waals surface area contributed by atoms with E-state index in [1.165, 1.54) is 31.7 Å². The Morgan fingerprint density at radius 1 is 1.47 bits per heavy atom. The van der Waals surface area contributed by atoms with E-state index in [4.69, 9.17) is 0 Å². The van der Waals surface area contributed by atoms with Gasteiger partial charge in [0, 0.05) is 23.1 Å². The number of nitrogens with zero attached hydrogens (tertiary/aromatic N) is 1. The highest BCUT2D eigenvalue weighted by Gasteiger charge is 2.25. The summed E-state index contributed by atoms with van der Waals surface area (Å²) in [5.74, 6) is 0. The molecule has 0 bridgehead atoms. The van der Waals surface area contributed by atoms with E-state index < -0.39 is 0 Å². The summed E-state index contributed by atoms with van der Waals surface area (Å²) < 4.78 is 0. The number of hydrogen-bond acceptors (Lipinski definition) is 4. The van der Waals surface area contributed by atoms with Gasteiger partial charge in [-0.1, -0.05) is 24.6 Å². The van der Waals surface area contributed by atoms with E-state index >= 15 is 0 Å². The number of H-pyrrole nitrogens is 1. The largest absolute Gasteiger partial charge is 0.316 e. The molecule has 17 heavy (non-hydrogen) atoms. The summed E-state index contributed by atoms with van der Waals surface area (Å²) in [6, 6.07) is 2.06. The number of nitrogens with one attached hydrogen (secondary N) is 2. The SMILES string of the molecule is CNC1CCCCC1Sc1nc(C)cc(=O)[nH]1. The second-order valence-electron chi connectivity index (χ2n) is 4.53. The third-order valence-corrected chi connectivity index (χ3v) is 4.47. The Balaban J connectivity index is 2.10. The van der Waals surface area contributed by atoms with Gasteiger partial charge < -0.3 is 10.3 Å². The molecular weight excluding hydrogens is 234 g/mol. The molecule has 0 spiro atoms. The van der Waals surface area contributed by atoms with Gasteiger partial charge in [0.1, 0.15) is 0 Å². The van der Waals surface area contributed by atoms with E-state index in [0.29, 0.717) is 11.3 Å². The van der Waals surface area contributed by atoms with Crippen molar-refractivity contribution < 1.29 is 0 Å². The maximum Gasteiger partial charge on any atom is 0.251 e. The number of hydrogen-bond donors (Lipinski definition) is 2. The molecule has 1 heterocycles. The molecule has 2 rings (SSSR count). The van der Waals surface area contributed by atoms with E-state index in [0.717, 1.165) is 10.9 Å². The number of thioether (sulfide) groups is 1. The highest BCUT2D eigenvalue weighted by Crippen LogP contribution is 2.31. The van der Waals surface area contributed by atoms with Gasteiger partial charge in [0.25, 0.3) is 5.56 Å². The molecule has 2 atom stereocenters. The maximum absolute atomic E-state index is 11.4. The molecular formula is C12H19N3OS. The standard InChI is InChI=1S/C12H19N3OS/c1-8-7-11(16)15-12(14-8)17-10-6-4-3-5-9(10)13-2/h7,9-10,13H,3-6H2,1-2H3,(H,14,15,16). The van der Waals surface area contributed by atoms with Crippen LogP contribution in [0.25, 0.3) is 0 Å². The van der Waals surface area contributed by atoms with Gasteiger partial charge in [-0.15, -0.1) is 0 Å². The first kappa shape index (κ1) is 12.6. The van der Waals surface area contributed by atoms with Gasteiger partial charge in [-0.3, -0.25) is 4.79 Å². The lowest BCUT2D eigenvalue weighted by atomic mass is 9.95. The minimum atomic E-state index is -0.0585. The predicted molar refractivity (Wildman–Crippen MR) is 70.6 cm³/mol. The molecule has 1 aliphatic rings. The summed E-state index contributed by atoms with van der Waals surface area (Å²) in [5, 5.41) is 4.63. The zero-order valence-electron chi connectivity index (χ0n) is 10.3. The lowest BCUT2D eigenvalue weighted by Gasteiger charge is -2.30. The monoisotopic (exact) mass is 253 g/mol. The lowest BCUT2D eigenvalue weighted by molar-refractivity contribution is 0.405. The Labute approximate surface area is 106 Å². The predicted octanol–water partition coefficient (Wildman–Crippen LogP) is 1.70. The molecule has 0 amide bonds. The van der Waals surface area contributed by atoms with Crippen LogP contribution < -0.4 is 10.9 Å². The molecule has 0 radical (unpaired) electrons. The first-order valence-corrected chi connectivity index (χ1v) is 6.99. The molecule has 1 aliphatic carbocycles. The molecule has 0 saturated heterocycles. The van der Waals surface area contributed by atoms with Crippen molar-refractivity contribution in [3.05, 3.63) is 22.1 Å². The molecule has 1 aromatic rings. The topological polar surface area (TPSA) is 57.8 Å². The van der Waals surface area contributed by atoms with Gasteiger partial charge in [-0.05, 0) is 26.8 Å². The Hall–Kier alpha value is -0.810. The summed E-state index contributed by atoms with van der Waals surface area (Å²) >= 11 is 1.70. The Morgan fingerprint density at radius 3 is 2.94 bits per heavy atom. The van der Waals surface area contributed by atoms with E-state index in [1.807, 2.05) is 14.0 Å². The second kappa shape index (κ2) is 5.69. The van der Waals surface area contributed by atoms with Crippen LogP contribution in [0.2, 0.25) is 0 Å². The van der Waals surface area contributed by atoms with Crippen molar-refractivity contribution in [1.29, 1.82) is 0 Å². The van der Waals surface area contributed by atoms with Gasteiger partial charge >= 0.3 is 0 Å². The van der Waals surface area contributed by atoms with Crippen molar-refractivity contribution in [1.82, 2.24) is 15.3 Å². The quantitative estimate of drug-likeness (QED) is 0.805. The van der Waals surface area contributed by atoms with E-state index in [1.54, 1.807) is 11.8 Å². The van der Waals surface area contributed by atoms with Crippen LogP contribution in [0.4, 0.5) is 0 Å². The highest BCUT2D eigenvalue weighted by atomic mass is 32.2. The Morgan fingerprint density at radius 2 is 2.24 bits per heavy atom. The van der Waals surface area contributed by atoms with Gasteiger partial charge in [0.2, 0.25) is 0 Å². The highest BCUT2D eigenvalue weighted by molar-refractivity contribution is 7.99. The first-order chi connectivity index (χ1) is 8.19. The summed E-state index contributed by atoms with van der Waals surface area (Å²) in [7, 11) is 2.01. The molecule has 2 N–H and O–H groups in total. The van der Waals surface area contributed by atoms with E-state index in [-0.39, 0.29) is 5.56 Å². The summed E-state index contributed by atoms with van der Waals surface area (Å²) in [4.78, 5) is 18.6. The smallest absolute Gasteiger partial charge is 0.251 e. The molecule has 1 saturated carbocycles. The van der Waals surface area contributed by atoms with E-state index in [2.05, 4.69) is 15.3 Å². The molecule has 94 valence electrons. The molecule has 0 aromatic carbocycles. The number of aromatic nitrogens is 2. The van der Waals surface area contributed by atoms with Crippen LogP contribution in [0, 0.1) is 6.92 Å². The van der Waals surface area contributed by atoms with Gasteiger partial charge in [0.05, 0.1) is 0 Å². The van der Waals surface area contributed by atoms with Crippen LogP contribution >= 0.6 is 11.8 Å². The normalized spacial score (nSPS) is 24.8. The van der Waals surface area contributed by atoms with Crippen molar-refractivity contribution in [2.75, 3.05) is 7.05 Å². The average molecular weight is 253 g/mol. The summed E-state index contributed by atoms with van der Waals surface area (Å²) in [6.07, 6.45) is 4.96. The molecule has 2 unspecified atom stereocenters. The van der Waals surface area contributed by atoms with Crippen LogP contribution in [-0.2, 0) is 0 Å². The fourth-order valence-electron chi connectivity index (χ4n) is 2.32. The molecule has 5 heteroatoms. The van der Waals surface area contributed by atoms with Gasteiger partial charge in [-0.2, -0.15) is 0 Å². The first-order valence-electron chi connectivity index (χ1n) is 6.11. The minimum absolute atomic E-state index is 0.0585. The van der Waals surface area contributed by atoms with Gasteiger partial charge in [-0.25, -0.2) is 4.98 Å². The van der Waals surface area contributed by atoms with E-state index in [9.17, 15) is 4.79 Å². The van der Waals surface area contributed by atoms with Crippen LogP contribution in [0.5, 0.6) is 0 Å². The lowest BCUT2D eigenvalue weighted by Crippen LogP contribution is -2.38. The minimum Gasteiger partial charge on any atom is -0.316 e. The fraction of sp³-hybridized carbons (Fsp3) is 0.667. The third kappa shape index (κ3) is 3.33. The maximum atomic E-state index is 11.4. The summed E-state index contributed by atoms with van der Waals surface area (Å²) in [6.45, 7) is 1.86. The van der Waals surface area contributed by atoms with Crippen molar-refractivity contribution >= 4 is 11.8 Å². The average Bonchev–Trinajstić information content (AvgIpc) is 2.28. The zero-order valence-corrected chi connectivity index (χ0v) is 11.1. The summed E-state index contributed by atoms with van der Waals surface area (Å²) in [5.41, 5.74) is 0.727. The Bertz CT molecular complexity index is 432. The molecule has 1 fully saturated rings. The second-order valence-corrected chi connectivity index (χ2v) is 5.76. The van der Waals surface area contributed by atoms with Gasteiger partial charge in [0.15, 0.2) is 5.16 Å². The van der Waals surface area contributed by atoms with Crippen LogP contribution in [0.15, 0.2) is 16.0 Å². The zero-order chi connectivity index (χ0) is 12.3. The fourth-order valence-corrected chi connectivity index (χ4v) is 3.68. The number of aryl methyl sites for hydroxylation is 1. The molecule has 4 nitrogen and oxygen atoms in total. The Kier molecular flexibility index (Phi) is 4.23. The van der Waals surface area contributed by atoms with Crippen LogP contribution in [-0.4, -0.2) is 28.3 Å². The van der Waals surface area contributed by atoms with Crippen molar-refractivity contribution in [3.8, 4) is 0 Å². The van der Waals surface area contributed by atoms with Crippen molar-refractivity contribution in [2.24, 2.45) is 0 Å². The van der Waals surface area contributed by atoms with Crippen molar-refractivity contribution in [3.63, 3.8) is 0 Å². The van der Waals surface area contributed by atoms with Crippen LogP contribution in [0.1, 0.15) is 31.4 Å². The third-order valence-electron chi connectivity index (χ3n) is 3.18. The molecule has 1 aromatic heterocycles. The van der Waals surface area contributed by atoms with Crippen LogP contribution in [0.3, 0.4) is 0 Å². The molecule has 0 aliphatic heterocycles. The number of aromatic amines is 1. The van der Waals surface area contributed by atoms with Crippen molar-refractivity contribution in [2.45, 2.75) is 49.1 Å². The number of rotatable bonds is 3.